The zero-order valence-electron chi connectivity index (χ0n) is 8.82. The summed E-state index contributed by atoms with van der Waals surface area (Å²) in [5.41, 5.74) is 0.490. The molecule has 0 aliphatic carbocycles. The van der Waals surface area contributed by atoms with Crippen LogP contribution in [0.2, 0.25) is 0 Å². The lowest BCUT2D eigenvalue weighted by molar-refractivity contribution is 0.205. The molecule has 1 nitrogen and oxygen atoms in total. The van der Waals surface area contributed by atoms with Crippen LogP contribution in [0.5, 0.6) is 0 Å². The first kappa shape index (κ1) is 10.0. The quantitative estimate of drug-likeness (QED) is 0.588. The third-order valence-corrected chi connectivity index (χ3v) is 3.02. The summed E-state index contributed by atoms with van der Waals surface area (Å²) in [6.07, 6.45) is 5.64. The van der Waals surface area contributed by atoms with Crippen molar-refractivity contribution in [2.24, 2.45) is 11.3 Å². The van der Waals surface area contributed by atoms with E-state index < -0.39 is 0 Å². The fraction of sp³-hybridized carbons (Fsp3) is 1.00. The average molecular weight is 169 g/mol. The van der Waals surface area contributed by atoms with Crippen LogP contribution < -0.4 is 5.32 Å². The summed E-state index contributed by atoms with van der Waals surface area (Å²) in [5, 5.41) is 3.54. The Balaban J connectivity index is 2.40. The van der Waals surface area contributed by atoms with E-state index >= 15 is 0 Å². The Bertz CT molecular complexity index is 115. The summed E-state index contributed by atoms with van der Waals surface area (Å²) in [5.74, 6) is 0.873. The van der Waals surface area contributed by atoms with Crippen LogP contribution in [0.15, 0.2) is 0 Å². The monoisotopic (exact) mass is 169 g/mol. The Morgan fingerprint density at radius 1 is 1.08 bits per heavy atom. The topological polar surface area (TPSA) is 12.0 Å². The first-order valence-electron chi connectivity index (χ1n) is 5.31. The van der Waals surface area contributed by atoms with Crippen molar-refractivity contribution in [2.45, 2.75) is 46.5 Å². The van der Waals surface area contributed by atoms with Gasteiger partial charge in [-0.05, 0) is 37.3 Å². The zero-order valence-corrected chi connectivity index (χ0v) is 8.82. The summed E-state index contributed by atoms with van der Waals surface area (Å²) in [7, 11) is 0. The minimum Gasteiger partial charge on any atom is -0.316 e. The van der Waals surface area contributed by atoms with E-state index in [1.54, 1.807) is 0 Å². The molecule has 1 saturated heterocycles. The number of nitrogens with one attached hydrogen (secondary N) is 1. The maximum absolute atomic E-state index is 3.54. The van der Waals surface area contributed by atoms with Crippen LogP contribution >= 0.6 is 0 Å². The Labute approximate surface area is 76.9 Å². The standard InChI is InChI=1S/C11H23N/c1-11(2,3)10-7-5-4-6-8-12-9-10/h10,12H,4-9H2,1-3H3. The molecule has 1 atom stereocenters. The SMILES string of the molecule is CC(C)(C)C1CCCCCNC1. The highest BCUT2D eigenvalue weighted by molar-refractivity contribution is 4.77. The molecule has 0 aromatic heterocycles. The van der Waals surface area contributed by atoms with Crippen molar-refractivity contribution < 1.29 is 0 Å². The van der Waals surface area contributed by atoms with Gasteiger partial charge in [-0.25, -0.2) is 0 Å². The second-order valence-electron chi connectivity index (χ2n) is 5.12. The number of hydrogen-bond acceptors (Lipinski definition) is 1. The van der Waals surface area contributed by atoms with Crippen molar-refractivity contribution in [3.8, 4) is 0 Å². The highest BCUT2D eigenvalue weighted by atomic mass is 14.9. The summed E-state index contributed by atoms with van der Waals surface area (Å²) in [6.45, 7) is 9.54. The summed E-state index contributed by atoms with van der Waals surface area (Å²) < 4.78 is 0. The molecule has 72 valence electrons. The first-order chi connectivity index (χ1) is 5.61. The van der Waals surface area contributed by atoms with E-state index in [0.717, 1.165) is 5.92 Å². The lowest BCUT2D eigenvalue weighted by Crippen LogP contribution is -2.33. The molecular formula is C11H23N. The van der Waals surface area contributed by atoms with E-state index in [2.05, 4.69) is 26.1 Å². The molecule has 0 saturated carbocycles. The van der Waals surface area contributed by atoms with Gasteiger partial charge in [-0.3, -0.25) is 0 Å². The molecule has 1 heterocycles. The van der Waals surface area contributed by atoms with E-state index in [1.807, 2.05) is 0 Å². The van der Waals surface area contributed by atoms with Crippen molar-refractivity contribution in [1.29, 1.82) is 0 Å². The van der Waals surface area contributed by atoms with E-state index in [9.17, 15) is 0 Å². The first-order valence-corrected chi connectivity index (χ1v) is 5.31. The Hall–Kier alpha value is -0.0400. The van der Waals surface area contributed by atoms with Crippen LogP contribution in [-0.2, 0) is 0 Å². The van der Waals surface area contributed by atoms with Gasteiger partial charge in [-0.15, -0.1) is 0 Å². The van der Waals surface area contributed by atoms with Crippen LogP contribution in [0.1, 0.15) is 46.5 Å². The predicted octanol–water partition coefficient (Wildman–Crippen LogP) is 2.81. The van der Waals surface area contributed by atoms with Crippen molar-refractivity contribution in [1.82, 2.24) is 5.32 Å². The van der Waals surface area contributed by atoms with Gasteiger partial charge < -0.3 is 5.32 Å². The van der Waals surface area contributed by atoms with Crippen LogP contribution in [0, 0.1) is 11.3 Å². The minimum atomic E-state index is 0.490. The van der Waals surface area contributed by atoms with Gasteiger partial charge in [0.1, 0.15) is 0 Å². The van der Waals surface area contributed by atoms with E-state index in [4.69, 9.17) is 0 Å². The third kappa shape index (κ3) is 3.14. The molecule has 0 bridgehead atoms. The number of rotatable bonds is 0. The largest absolute Gasteiger partial charge is 0.316 e. The van der Waals surface area contributed by atoms with E-state index in [1.165, 1.54) is 38.8 Å². The summed E-state index contributed by atoms with van der Waals surface area (Å²) in [6, 6.07) is 0. The Morgan fingerprint density at radius 2 is 1.83 bits per heavy atom. The normalized spacial score (nSPS) is 27.8. The Morgan fingerprint density at radius 3 is 2.50 bits per heavy atom. The molecule has 0 radical (unpaired) electrons. The minimum absolute atomic E-state index is 0.490. The molecule has 1 heteroatoms. The molecule has 0 amide bonds. The summed E-state index contributed by atoms with van der Waals surface area (Å²) >= 11 is 0. The maximum atomic E-state index is 3.54. The van der Waals surface area contributed by atoms with Gasteiger partial charge in [0.2, 0.25) is 0 Å². The molecule has 1 N–H and O–H groups in total. The van der Waals surface area contributed by atoms with Gasteiger partial charge in [0, 0.05) is 0 Å². The van der Waals surface area contributed by atoms with Crippen molar-refractivity contribution in [3.63, 3.8) is 0 Å². The zero-order chi connectivity index (χ0) is 9.03. The van der Waals surface area contributed by atoms with Crippen LogP contribution in [0.25, 0.3) is 0 Å². The van der Waals surface area contributed by atoms with Gasteiger partial charge in [-0.2, -0.15) is 0 Å². The van der Waals surface area contributed by atoms with Crippen LogP contribution in [0.4, 0.5) is 0 Å². The highest BCUT2D eigenvalue weighted by Gasteiger charge is 2.24. The number of hydrogen-bond donors (Lipinski definition) is 1. The van der Waals surface area contributed by atoms with E-state index in [-0.39, 0.29) is 0 Å². The average Bonchev–Trinajstić information content (AvgIpc) is 1.81. The van der Waals surface area contributed by atoms with Gasteiger partial charge in [0.05, 0.1) is 0 Å². The Kier molecular flexibility index (Phi) is 3.57. The highest BCUT2D eigenvalue weighted by Crippen LogP contribution is 2.30. The molecule has 1 unspecified atom stereocenters. The third-order valence-electron chi connectivity index (χ3n) is 3.02. The predicted molar refractivity (Wildman–Crippen MR) is 54.3 cm³/mol. The van der Waals surface area contributed by atoms with Gasteiger partial charge in [0.15, 0.2) is 0 Å². The molecule has 1 aliphatic heterocycles. The molecule has 12 heavy (non-hydrogen) atoms. The molecule has 0 spiro atoms. The molecule has 0 aromatic rings. The summed E-state index contributed by atoms with van der Waals surface area (Å²) in [4.78, 5) is 0. The second kappa shape index (κ2) is 4.27. The molecule has 0 aromatic carbocycles. The fourth-order valence-electron chi connectivity index (χ4n) is 1.94. The van der Waals surface area contributed by atoms with Gasteiger partial charge in [-0.1, -0.05) is 33.6 Å². The van der Waals surface area contributed by atoms with Gasteiger partial charge in [0.25, 0.3) is 0 Å². The lowest BCUT2D eigenvalue weighted by atomic mass is 9.77. The smallest absolute Gasteiger partial charge is 0.00155 e. The van der Waals surface area contributed by atoms with Gasteiger partial charge >= 0.3 is 0 Å². The van der Waals surface area contributed by atoms with Crippen molar-refractivity contribution >= 4 is 0 Å². The fourth-order valence-corrected chi connectivity index (χ4v) is 1.94. The van der Waals surface area contributed by atoms with Crippen molar-refractivity contribution in [2.75, 3.05) is 13.1 Å². The van der Waals surface area contributed by atoms with Crippen molar-refractivity contribution in [3.05, 3.63) is 0 Å². The molecule has 1 rings (SSSR count). The van der Waals surface area contributed by atoms with Crippen LogP contribution in [0.3, 0.4) is 0 Å². The molecular weight excluding hydrogens is 146 g/mol. The second-order valence-corrected chi connectivity index (χ2v) is 5.12. The van der Waals surface area contributed by atoms with E-state index in [0.29, 0.717) is 5.41 Å². The van der Waals surface area contributed by atoms with Crippen LogP contribution in [-0.4, -0.2) is 13.1 Å². The molecule has 1 aliphatic rings. The molecule has 1 fully saturated rings. The lowest BCUT2D eigenvalue weighted by Gasteiger charge is -2.32. The maximum Gasteiger partial charge on any atom is -0.00155 e.